The minimum Gasteiger partial charge on any atom is -0.370 e. The van der Waals surface area contributed by atoms with E-state index in [9.17, 15) is 0 Å². The average molecular weight is 238 g/mol. The molecule has 0 saturated heterocycles. The lowest BCUT2D eigenvalue weighted by Gasteiger charge is -2.06. The van der Waals surface area contributed by atoms with Crippen LogP contribution in [0.3, 0.4) is 0 Å². The third-order valence-corrected chi connectivity index (χ3v) is 2.47. The van der Waals surface area contributed by atoms with Crippen LogP contribution in [0.4, 0.5) is 5.82 Å². The molecule has 90 valence electrons. The van der Waals surface area contributed by atoms with Crippen molar-refractivity contribution in [2.75, 3.05) is 11.9 Å². The maximum atomic E-state index is 8.86. The lowest BCUT2D eigenvalue weighted by molar-refractivity contribution is 0.970. The van der Waals surface area contributed by atoms with Crippen LogP contribution in [0.1, 0.15) is 18.9 Å². The molecule has 1 N–H and O–H groups in total. The highest BCUT2D eigenvalue weighted by Crippen LogP contribution is 2.18. The van der Waals surface area contributed by atoms with E-state index in [4.69, 9.17) is 5.26 Å². The highest BCUT2D eigenvalue weighted by atomic mass is 15.0. The Hall–Kier alpha value is -2.41. The number of anilines is 1. The van der Waals surface area contributed by atoms with E-state index in [1.165, 1.54) is 0 Å². The van der Waals surface area contributed by atoms with Gasteiger partial charge in [0.25, 0.3) is 0 Å². The van der Waals surface area contributed by atoms with E-state index in [2.05, 4.69) is 28.3 Å². The van der Waals surface area contributed by atoms with Crippen molar-refractivity contribution >= 4 is 5.82 Å². The molecular weight excluding hydrogens is 224 g/mol. The summed E-state index contributed by atoms with van der Waals surface area (Å²) < 4.78 is 0. The maximum Gasteiger partial charge on any atom is 0.126 e. The summed E-state index contributed by atoms with van der Waals surface area (Å²) in [7, 11) is 0. The van der Waals surface area contributed by atoms with Crippen LogP contribution in [-0.4, -0.2) is 16.5 Å². The van der Waals surface area contributed by atoms with Crippen LogP contribution >= 0.6 is 0 Å². The van der Waals surface area contributed by atoms with Crippen LogP contribution in [0.15, 0.2) is 36.7 Å². The van der Waals surface area contributed by atoms with E-state index in [0.717, 1.165) is 30.0 Å². The summed E-state index contributed by atoms with van der Waals surface area (Å²) in [6.07, 6.45) is 4.31. The Balaban J connectivity index is 2.29. The number of aromatic nitrogens is 2. The van der Waals surface area contributed by atoms with Gasteiger partial charge in [0.15, 0.2) is 0 Å². The quantitative estimate of drug-likeness (QED) is 0.889. The predicted octanol–water partition coefficient (Wildman–Crippen LogP) is 2.84. The fourth-order valence-corrected chi connectivity index (χ4v) is 1.59. The molecule has 0 fully saturated rings. The van der Waals surface area contributed by atoms with Crippen LogP contribution < -0.4 is 5.32 Å². The van der Waals surface area contributed by atoms with Crippen molar-refractivity contribution in [2.24, 2.45) is 0 Å². The zero-order chi connectivity index (χ0) is 12.8. The molecule has 0 bridgehead atoms. The van der Waals surface area contributed by atoms with Crippen molar-refractivity contribution < 1.29 is 0 Å². The first-order valence-electron chi connectivity index (χ1n) is 5.90. The van der Waals surface area contributed by atoms with Gasteiger partial charge in [0.05, 0.1) is 11.3 Å². The first kappa shape index (κ1) is 12.1. The second kappa shape index (κ2) is 5.78. The fourth-order valence-electron chi connectivity index (χ4n) is 1.59. The summed E-state index contributed by atoms with van der Waals surface area (Å²) in [5.41, 5.74) is 2.22. The first-order valence-corrected chi connectivity index (χ1v) is 5.90. The van der Waals surface area contributed by atoms with Crippen molar-refractivity contribution in [2.45, 2.75) is 13.3 Å². The molecule has 4 nitrogen and oxygen atoms in total. The Bertz CT molecular complexity index is 572. The summed E-state index contributed by atoms with van der Waals surface area (Å²) in [5.74, 6) is 0.844. The SMILES string of the molecule is CCCNc1cccc(-c2cncc(C#N)c2)n1. The standard InChI is InChI=1S/C14H14N4/c1-2-6-17-14-5-3-4-13(18-14)12-7-11(8-15)9-16-10-12/h3-5,7,9-10H,2,6H2,1H3,(H,17,18). The second-order valence-electron chi connectivity index (χ2n) is 3.91. The third-order valence-electron chi connectivity index (χ3n) is 2.47. The summed E-state index contributed by atoms with van der Waals surface area (Å²) >= 11 is 0. The molecule has 0 aliphatic heterocycles. The van der Waals surface area contributed by atoms with Gasteiger partial charge in [0.1, 0.15) is 11.9 Å². The van der Waals surface area contributed by atoms with Crippen molar-refractivity contribution in [1.29, 1.82) is 5.26 Å². The molecule has 2 aromatic heterocycles. The van der Waals surface area contributed by atoms with Crippen molar-refractivity contribution in [1.82, 2.24) is 9.97 Å². The predicted molar refractivity (Wildman–Crippen MR) is 71.0 cm³/mol. The van der Waals surface area contributed by atoms with Gasteiger partial charge in [0.2, 0.25) is 0 Å². The zero-order valence-corrected chi connectivity index (χ0v) is 10.2. The maximum absolute atomic E-state index is 8.86. The lowest BCUT2D eigenvalue weighted by Crippen LogP contribution is -2.02. The Kier molecular flexibility index (Phi) is 3.87. The number of nitrogens with zero attached hydrogens (tertiary/aromatic N) is 3. The second-order valence-corrected chi connectivity index (χ2v) is 3.91. The molecule has 4 heteroatoms. The van der Waals surface area contributed by atoms with E-state index in [1.54, 1.807) is 18.5 Å². The minimum absolute atomic E-state index is 0.543. The minimum atomic E-state index is 0.543. The zero-order valence-electron chi connectivity index (χ0n) is 10.2. The van der Waals surface area contributed by atoms with Gasteiger partial charge in [-0.25, -0.2) is 4.98 Å². The van der Waals surface area contributed by atoms with E-state index < -0.39 is 0 Å². The van der Waals surface area contributed by atoms with E-state index >= 15 is 0 Å². The van der Waals surface area contributed by atoms with Gasteiger partial charge < -0.3 is 5.32 Å². The van der Waals surface area contributed by atoms with Crippen molar-refractivity contribution in [3.05, 3.63) is 42.2 Å². The summed E-state index contributed by atoms with van der Waals surface area (Å²) in [6.45, 7) is 3.00. The summed E-state index contributed by atoms with van der Waals surface area (Å²) in [4.78, 5) is 8.54. The molecule has 2 heterocycles. The normalized spacial score (nSPS) is 9.78. The van der Waals surface area contributed by atoms with Gasteiger partial charge in [-0.05, 0) is 24.6 Å². The molecule has 0 saturated carbocycles. The molecular formula is C14H14N4. The van der Waals surface area contributed by atoms with Gasteiger partial charge in [0, 0.05) is 24.5 Å². The molecule has 0 aliphatic carbocycles. The number of nitriles is 1. The highest BCUT2D eigenvalue weighted by molar-refractivity contribution is 5.61. The van der Waals surface area contributed by atoms with Gasteiger partial charge >= 0.3 is 0 Å². The Morgan fingerprint density at radius 3 is 3.00 bits per heavy atom. The van der Waals surface area contributed by atoms with Gasteiger partial charge in [-0.3, -0.25) is 4.98 Å². The number of rotatable bonds is 4. The third kappa shape index (κ3) is 2.83. The molecule has 0 aromatic carbocycles. The smallest absolute Gasteiger partial charge is 0.126 e. The number of pyridine rings is 2. The monoisotopic (exact) mass is 238 g/mol. The van der Waals surface area contributed by atoms with E-state index in [0.29, 0.717) is 5.56 Å². The van der Waals surface area contributed by atoms with Gasteiger partial charge in [-0.2, -0.15) is 5.26 Å². The molecule has 2 rings (SSSR count). The number of hydrogen-bond acceptors (Lipinski definition) is 4. The van der Waals surface area contributed by atoms with E-state index in [1.807, 2.05) is 18.2 Å². The Morgan fingerprint density at radius 1 is 1.33 bits per heavy atom. The largest absolute Gasteiger partial charge is 0.370 e. The Morgan fingerprint density at radius 2 is 2.22 bits per heavy atom. The summed E-state index contributed by atoms with van der Waals surface area (Å²) in [6, 6.07) is 9.66. The van der Waals surface area contributed by atoms with Crippen LogP contribution in [0.25, 0.3) is 11.3 Å². The van der Waals surface area contributed by atoms with Crippen LogP contribution in [-0.2, 0) is 0 Å². The molecule has 0 atom stereocenters. The molecule has 0 aliphatic rings. The fraction of sp³-hybridized carbons (Fsp3) is 0.214. The molecule has 18 heavy (non-hydrogen) atoms. The van der Waals surface area contributed by atoms with Crippen LogP contribution in [0.5, 0.6) is 0 Å². The molecule has 0 spiro atoms. The first-order chi connectivity index (χ1) is 8.83. The number of nitrogens with one attached hydrogen (secondary N) is 1. The summed E-state index contributed by atoms with van der Waals surface area (Å²) in [5, 5.41) is 12.1. The molecule has 0 radical (unpaired) electrons. The topological polar surface area (TPSA) is 61.6 Å². The van der Waals surface area contributed by atoms with Crippen LogP contribution in [0.2, 0.25) is 0 Å². The van der Waals surface area contributed by atoms with Crippen molar-refractivity contribution in [3.63, 3.8) is 0 Å². The van der Waals surface area contributed by atoms with Crippen LogP contribution in [0, 0.1) is 11.3 Å². The molecule has 0 amide bonds. The lowest BCUT2D eigenvalue weighted by atomic mass is 10.1. The highest BCUT2D eigenvalue weighted by Gasteiger charge is 2.02. The van der Waals surface area contributed by atoms with Gasteiger partial charge in [-0.1, -0.05) is 13.0 Å². The average Bonchev–Trinajstić information content (AvgIpc) is 2.45. The van der Waals surface area contributed by atoms with Crippen molar-refractivity contribution in [3.8, 4) is 17.3 Å². The molecule has 0 unspecified atom stereocenters. The van der Waals surface area contributed by atoms with E-state index in [-0.39, 0.29) is 0 Å². The number of hydrogen-bond donors (Lipinski definition) is 1. The molecule has 2 aromatic rings. The van der Waals surface area contributed by atoms with Gasteiger partial charge in [-0.15, -0.1) is 0 Å². The Labute approximate surface area is 106 Å².